The molecule has 1 aromatic carbocycles. The number of nitrogens with zero attached hydrogens (tertiary/aromatic N) is 1. The molecule has 0 aliphatic carbocycles. The molecule has 0 aliphatic heterocycles. The van der Waals surface area contributed by atoms with Gasteiger partial charge in [-0.2, -0.15) is 0 Å². The summed E-state index contributed by atoms with van der Waals surface area (Å²) in [6.45, 7) is 0. The number of hydrogen-bond acceptors (Lipinski definition) is 4. The fourth-order valence-corrected chi connectivity index (χ4v) is 1.46. The standard InChI is InChI=1S/C11H7ClFNO3/c1-16-11(15)9-5-10(17-14-9)7-4-6(12)2-3-8(7)13/h2-5H,1H3. The lowest BCUT2D eigenvalue weighted by Gasteiger charge is -1.98. The molecule has 0 bridgehead atoms. The third-order valence-electron chi connectivity index (χ3n) is 2.10. The van der Waals surface area contributed by atoms with Gasteiger partial charge < -0.3 is 9.26 Å². The second-order valence-electron chi connectivity index (χ2n) is 3.19. The van der Waals surface area contributed by atoms with Crippen LogP contribution in [0.15, 0.2) is 28.8 Å². The van der Waals surface area contributed by atoms with E-state index in [1.54, 1.807) is 0 Å². The highest BCUT2D eigenvalue weighted by Gasteiger charge is 2.16. The number of ether oxygens (including phenoxy) is 1. The zero-order valence-electron chi connectivity index (χ0n) is 8.74. The minimum atomic E-state index is -0.651. The Bertz CT molecular complexity index is 568. The first-order chi connectivity index (χ1) is 8.11. The van der Waals surface area contributed by atoms with Gasteiger partial charge in [0.15, 0.2) is 11.5 Å². The van der Waals surface area contributed by atoms with Crippen molar-refractivity contribution >= 4 is 17.6 Å². The van der Waals surface area contributed by atoms with Crippen molar-refractivity contribution in [2.75, 3.05) is 7.11 Å². The van der Waals surface area contributed by atoms with Crippen LogP contribution in [0, 0.1) is 5.82 Å². The van der Waals surface area contributed by atoms with Crippen LogP contribution in [0.5, 0.6) is 0 Å². The molecule has 0 N–H and O–H groups in total. The number of aromatic nitrogens is 1. The molecule has 0 atom stereocenters. The number of carbonyl (C=O) groups excluding carboxylic acids is 1. The number of rotatable bonds is 2. The van der Waals surface area contributed by atoms with Crippen LogP contribution in [-0.4, -0.2) is 18.2 Å². The van der Waals surface area contributed by atoms with Crippen molar-refractivity contribution in [3.05, 3.63) is 40.8 Å². The van der Waals surface area contributed by atoms with E-state index in [4.69, 9.17) is 16.1 Å². The first-order valence-electron chi connectivity index (χ1n) is 4.62. The highest BCUT2D eigenvalue weighted by molar-refractivity contribution is 6.30. The van der Waals surface area contributed by atoms with Crippen LogP contribution in [0.1, 0.15) is 10.5 Å². The lowest BCUT2D eigenvalue weighted by Crippen LogP contribution is -2.00. The molecule has 0 aliphatic rings. The van der Waals surface area contributed by atoms with Gasteiger partial charge in [-0.25, -0.2) is 9.18 Å². The van der Waals surface area contributed by atoms with E-state index in [0.29, 0.717) is 5.02 Å². The molecular weight excluding hydrogens is 249 g/mol. The minimum Gasteiger partial charge on any atom is -0.464 e. The quantitative estimate of drug-likeness (QED) is 0.774. The van der Waals surface area contributed by atoms with Gasteiger partial charge >= 0.3 is 5.97 Å². The van der Waals surface area contributed by atoms with Gasteiger partial charge in [0, 0.05) is 11.1 Å². The number of carbonyl (C=O) groups is 1. The van der Waals surface area contributed by atoms with E-state index in [1.165, 1.54) is 31.4 Å². The van der Waals surface area contributed by atoms with Gasteiger partial charge in [-0.1, -0.05) is 16.8 Å². The van der Waals surface area contributed by atoms with Gasteiger partial charge in [0.1, 0.15) is 5.82 Å². The summed E-state index contributed by atoms with van der Waals surface area (Å²) in [5, 5.41) is 3.83. The fourth-order valence-electron chi connectivity index (χ4n) is 1.29. The largest absolute Gasteiger partial charge is 0.464 e. The van der Waals surface area contributed by atoms with Crippen molar-refractivity contribution in [2.24, 2.45) is 0 Å². The van der Waals surface area contributed by atoms with Gasteiger partial charge in [-0.3, -0.25) is 0 Å². The maximum Gasteiger partial charge on any atom is 0.360 e. The van der Waals surface area contributed by atoms with E-state index in [9.17, 15) is 9.18 Å². The smallest absolute Gasteiger partial charge is 0.360 e. The van der Waals surface area contributed by atoms with Crippen LogP contribution < -0.4 is 0 Å². The first-order valence-corrected chi connectivity index (χ1v) is 5.00. The van der Waals surface area contributed by atoms with Crippen LogP contribution >= 0.6 is 11.6 Å². The van der Waals surface area contributed by atoms with Gasteiger partial charge in [0.25, 0.3) is 0 Å². The molecule has 1 heterocycles. The fraction of sp³-hybridized carbons (Fsp3) is 0.0909. The molecule has 0 radical (unpaired) electrons. The van der Waals surface area contributed by atoms with E-state index >= 15 is 0 Å². The van der Waals surface area contributed by atoms with Crippen molar-refractivity contribution in [1.82, 2.24) is 5.16 Å². The second-order valence-corrected chi connectivity index (χ2v) is 3.63. The van der Waals surface area contributed by atoms with Gasteiger partial charge in [0.2, 0.25) is 0 Å². The van der Waals surface area contributed by atoms with E-state index in [2.05, 4.69) is 9.89 Å². The van der Waals surface area contributed by atoms with Crippen molar-refractivity contribution in [2.45, 2.75) is 0 Å². The van der Waals surface area contributed by atoms with Crippen LogP contribution in [0.4, 0.5) is 4.39 Å². The first kappa shape index (κ1) is 11.6. The average molecular weight is 256 g/mol. The molecule has 88 valence electrons. The van der Waals surface area contributed by atoms with E-state index in [1.807, 2.05) is 0 Å². The van der Waals surface area contributed by atoms with Crippen molar-refractivity contribution in [3.63, 3.8) is 0 Å². The molecule has 6 heteroatoms. The van der Waals surface area contributed by atoms with E-state index < -0.39 is 11.8 Å². The maximum absolute atomic E-state index is 13.5. The van der Waals surface area contributed by atoms with Crippen LogP contribution in [-0.2, 0) is 4.74 Å². The molecule has 2 rings (SSSR count). The number of benzene rings is 1. The van der Waals surface area contributed by atoms with Gasteiger partial charge in [0.05, 0.1) is 12.7 Å². The van der Waals surface area contributed by atoms with Crippen molar-refractivity contribution in [3.8, 4) is 11.3 Å². The molecule has 1 aromatic heterocycles. The van der Waals surface area contributed by atoms with Crippen molar-refractivity contribution in [1.29, 1.82) is 0 Å². The summed E-state index contributed by atoms with van der Waals surface area (Å²) in [6, 6.07) is 5.30. The summed E-state index contributed by atoms with van der Waals surface area (Å²) in [7, 11) is 1.22. The summed E-state index contributed by atoms with van der Waals surface area (Å²) in [4.78, 5) is 11.1. The maximum atomic E-state index is 13.5. The normalized spacial score (nSPS) is 10.3. The monoisotopic (exact) mass is 255 g/mol. The van der Waals surface area contributed by atoms with Crippen molar-refractivity contribution < 1.29 is 18.4 Å². The Balaban J connectivity index is 2.43. The molecule has 0 amide bonds. The molecule has 0 saturated heterocycles. The minimum absolute atomic E-state index is 0.0260. The highest BCUT2D eigenvalue weighted by Crippen LogP contribution is 2.26. The molecule has 0 spiro atoms. The van der Waals surface area contributed by atoms with E-state index in [0.717, 1.165) is 0 Å². The third-order valence-corrected chi connectivity index (χ3v) is 2.33. The Morgan fingerprint density at radius 2 is 2.24 bits per heavy atom. The third kappa shape index (κ3) is 2.29. The summed E-state index contributed by atoms with van der Waals surface area (Å²) in [5.74, 6) is -1.05. The molecular formula is C11H7ClFNO3. The molecule has 0 fully saturated rings. The zero-order valence-corrected chi connectivity index (χ0v) is 9.49. The Morgan fingerprint density at radius 3 is 2.94 bits per heavy atom. The second kappa shape index (κ2) is 4.55. The zero-order chi connectivity index (χ0) is 12.4. The summed E-state index contributed by atoms with van der Waals surface area (Å²) in [6.07, 6.45) is 0. The predicted molar refractivity (Wildman–Crippen MR) is 58.2 cm³/mol. The highest BCUT2D eigenvalue weighted by atomic mass is 35.5. The summed E-state index contributed by atoms with van der Waals surface area (Å²) < 4.78 is 22.8. The summed E-state index contributed by atoms with van der Waals surface area (Å²) >= 11 is 5.74. The average Bonchev–Trinajstić information content (AvgIpc) is 2.80. The van der Waals surface area contributed by atoms with E-state index in [-0.39, 0.29) is 17.0 Å². The lowest BCUT2D eigenvalue weighted by molar-refractivity contribution is 0.0589. The molecule has 0 unspecified atom stereocenters. The number of methoxy groups -OCH3 is 1. The number of halogens is 2. The Morgan fingerprint density at radius 1 is 1.47 bits per heavy atom. The Hall–Kier alpha value is -1.88. The Labute approximate surface area is 101 Å². The van der Waals surface area contributed by atoms with Crippen LogP contribution in [0.3, 0.4) is 0 Å². The SMILES string of the molecule is COC(=O)c1cc(-c2cc(Cl)ccc2F)on1. The van der Waals surface area contributed by atoms with Gasteiger partial charge in [-0.05, 0) is 18.2 Å². The predicted octanol–water partition coefficient (Wildman–Crippen LogP) is 2.92. The topological polar surface area (TPSA) is 52.3 Å². The molecule has 4 nitrogen and oxygen atoms in total. The lowest BCUT2D eigenvalue weighted by atomic mass is 10.1. The van der Waals surface area contributed by atoms with Crippen LogP contribution in [0.2, 0.25) is 5.02 Å². The molecule has 0 saturated carbocycles. The summed E-state index contributed by atoms with van der Waals surface area (Å²) in [5.41, 5.74) is 0.113. The molecule has 17 heavy (non-hydrogen) atoms. The number of hydrogen-bond donors (Lipinski definition) is 0. The Kier molecular flexibility index (Phi) is 3.10. The number of esters is 1. The van der Waals surface area contributed by atoms with Crippen LogP contribution in [0.25, 0.3) is 11.3 Å². The van der Waals surface area contributed by atoms with Gasteiger partial charge in [-0.15, -0.1) is 0 Å². The molecule has 2 aromatic rings.